The Morgan fingerprint density at radius 3 is 2.74 bits per heavy atom. The molecule has 3 rings (SSSR count). The van der Waals surface area contributed by atoms with E-state index >= 15 is 0 Å². The van der Waals surface area contributed by atoms with Gasteiger partial charge in [0, 0.05) is 39.6 Å². The number of halogens is 1. The van der Waals surface area contributed by atoms with Crippen LogP contribution in [-0.2, 0) is 17.6 Å². The van der Waals surface area contributed by atoms with Gasteiger partial charge in [-0.05, 0) is 43.0 Å². The van der Waals surface area contributed by atoms with E-state index in [9.17, 15) is 0 Å². The molecule has 0 radical (unpaired) electrons. The third-order valence-corrected chi connectivity index (χ3v) is 4.98. The van der Waals surface area contributed by atoms with Gasteiger partial charge in [0.2, 0.25) is 0 Å². The summed E-state index contributed by atoms with van der Waals surface area (Å²) in [6, 6.07) is 6.53. The third kappa shape index (κ3) is 7.46. The van der Waals surface area contributed by atoms with Crippen LogP contribution in [-0.4, -0.2) is 70.5 Å². The van der Waals surface area contributed by atoms with Crippen LogP contribution >= 0.6 is 24.0 Å². The predicted molar refractivity (Wildman–Crippen MR) is 121 cm³/mol. The zero-order valence-electron chi connectivity index (χ0n) is 16.3. The van der Waals surface area contributed by atoms with E-state index in [1.54, 1.807) is 0 Å². The van der Waals surface area contributed by atoms with Crippen molar-refractivity contribution in [1.29, 1.82) is 0 Å². The molecule has 1 aromatic carbocycles. The second-order valence-corrected chi connectivity index (χ2v) is 6.88. The second kappa shape index (κ2) is 12.4. The number of fused-ring (bicyclic) bond motifs is 1. The highest BCUT2D eigenvalue weighted by Crippen LogP contribution is 2.25. The number of hydrogen-bond acceptors (Lipinski definition) is 4. The molecule has 0 unspecified atom stereocenters. The lowest BCUT2D eigenvalue weighted by Crippen LogP contribution is -2.39. The van der Waals surface area contributed by atoms with Crippen molar-refractivity contribution in [2.45, 2.75) is 25.7 Å². The topological polar surface area (TPSA) is 58.1 Å². The Kier molecular flexibility index (Phi) is 10.2. The van der Waals surface area contributed by atoms with E-state index in [0.29, 0.717) is 0 Å². The Morgan fingerprint density at radius 1 is 1.11 bits per heavy atom. The van der Waals surface area contributed by atoms with Crippen molar-refractivity contribution in [1.82, 2.24) is 15.5 Å². The molecule has 0 aliphatic carbocycles. The van der Waals surface area contributed by atoms with Crippen LogP contribution in [0.4, 0.5) is 0 Å². The fraction of sp³-hybridized carbons (Fsp3) is 0.650. The van der Waals surface area contributed by atoms with Crippen LogP contribution < -0.4 is 15.4 Å². The Hall–Kier alpha value is -1.06. The normalized spacial score (nSPS) is 17.0. The number of nitrogens with one attached hydrogen (secondary N) is 2. The quantitative estimate of drug-likeness (QED) is 0.254. The maximum atomic E-state index is 5.56. The Balaban J connectivity index is 0.00000261. The molecular formula is C20H33IN4O2. The van der Waals surface area contributed by atoms with Crippen LogP contribution in [0.5, 0.6) is 5.75 Å². The maximum Gasteiger partial charge on any atom is 0.190 e. The molecular weight excluding hydrogens is 455 g/mol. The minimum absolute atomic E-state index is 0. The van der Waals surface area contributed by atoms with Crippen molar-refractivity contribution in [3.63, 3.8) is 0 Å². The van der Waals surface area contributed by atoms with E-state index in [-0.39, 0.29) is 24.0 Å². The van der Waals surface area contributed by atoms with Crippen LogP contribution in [0.2, 0.25) is 0 Å². The van der Waals surface area contributed by atoms with Crippen LogP contribution in [0.1, 0.15) is 24.0 Å². The van der Waals surface area contributed by atoms with Crippen LogP contribution in [0, 0.1) is 0 Å². The minimum Gasteiger partial charge on any atom is -0.493 e. The van der Waals surface area contributed by atoms with Crippen molar-refractivity contribution in [2.75, 3.05) is 59.6 Å². The summed E-state index contributed by atoms with van der Waals surface area (Å²) in [5.41, 5.74) is 2.69. The van der Waals surface area contributed by atoms with E-state index in [2.05, 4.69) is 38.7 Å². The summed E-state index contributed by atoms with van der Waals surface area (Å²) in [6.07, 6.45) is 4.39. The molecule has 0 saturated carbocycles. The van der Waals surface area contributed by atoms with E-state index in [4.69, 9.17) is 9.47 Å². The number of guanidine groups is 1. The number of aliphatic imine (C=N–C) groups is 1. The summed E-state index contributed by atoms with van der Waals surface area (Å²) in [5.74, 6) is 1.94. The highest BCUT2D eigenvalue weighted by Gasteiger charge is 2.12. The molecule has 0 amide bonds. The number of morpholine rings is 1. The number of nitrogens with zero attached hydrogens (tertiary/aromatic N) is 2. The molecule has 2 heterocycles. The molecule has 1 fully saturated rings. The molecule has 27 heavy (non-hydrogen) atoms. The second-order valence-electron chi connectivity index (χ2n) is 6.88. The van der Waals surface area contributed by atoms with Crippen LogP contribution in [0.3, 0.4) is 0 Å². The first-order chi connectivity index (χ1) is 12.8. The van der Waals surface area contributed by atoms with Crippen molar-refractivity contribution in [3.05, 3.63) is 29.3 Å². The lowest BCUT2D eigenvalue weighted by molar-refractivity contribution is 0.0372. The third-order valence-electron chi connectivity index (χ3n) is 4.98. The van der Waals surface area contributed by atoms with Crippen molar-refractivity contribution in [3.8, 4) is 5.75 Å². The molecule has 0 bridgehead atoms. The van der Waals surface area contributed by atoms with Gasteiger partial charge in [0.15, 0.2) is 5.96 Å². The van der Waals surface area contributed by atoms with E-state index in [1.807, 2.05) is 7.05 Å². The molecule has 0 atom stereocenters. The van der Waals surface area contributed by atoms with Crippen molar-refractivity contribution in [2.24, 2.45) is 4.99 Å². The molecule has 0 spiro atoms. The van der Waals surface area contributed by atoms with Gasteiger partial charge in [0.05, 0.1) is 19.8 Å². The maximum absolute atomic E-state index is 5.56. The summed E-state index contributed by atoms with van der Waals surface area (Å²) in [5, 5.41) is 6.82. The SMILES string of the molecule is CN=C(NCCCCN1CCOCC1)NCCc1ccc2c(c1)CCO2.I. The summed E-state index contributed by atoms with van der Waals surface area (Å²) in [6.45, 7) is 7.74. The number of rotatable bonds is 8. The largest absolute Gasteiger partial charge is 0.493 e. The van der Waals surface area contributed by atoms with Gasteiger partial charge >= 0.3 is 0 Å². The average molecular weight is 488 g/mol. The molecule has 152 valence electrons. The molecule has 0 aromatic heterocycles. The van der Waals surface area contributed by atoms with Crippen LogP contribution in [0.15, 0.2) is 23.2 Å². The van der Waals surface area contributed by atoms with Crippen LogP contribution in [0.25, 0.3) is 0 Å². The highest BCUT2D eigenvalue weighted by molar-refractivity contribution is 14.0. The summed E-state index contributed by atoms with van der Waals surface area (Å²) >= 11 is 0. The molecule has 2 N–H and O–H groups in total. The molecule has 1 aromatic rings. The van der Waals surface area contributed by atoms with E-state index in [0.717, 1.165) is 77.0 Å². The van der Waals surface area contributed by atoms with Gasteiger partial charge in [-0.2, -0.15) is 0 Å². The molecule has 6 nitrogen and oxygen atoms in total. The van der Waals surface area contributed by atoms with E-state index < -0.39 is 0 Å². The first-order valence-corrected chi connectivity index (χ1v) is 9.84. The van der Waals surface area contributed by atoms with E-state index in [1.165, 1.54) is 24.1 Å². The average Bonchev–Trinajstić information content (AvgIpc) is 3.15. The van der Waals surface area contributed by atoms with Gasteiger partial charge in [0.1, 0.15) is 5.75 Å². The summed E-state index contributed by atoms with van der Waals surface area (Å²) in [4.78, 5) is 6.80. The van der Waals surface area contributed by atoms with Crippen molar-refractivity contribution >= 4 is 29.9 Å². The van der Waals surface area contributed by atoms with Gasteiger partial charge in [-0.25, -0.2) is 0 Å². The minimum atomic E-state index is 0. The molecule has 2 aliphatic heterocycles. The fourth-order valence-electron chi connectivity index (χ4n) is 3.43. The smallest absolute Gasteiger partial charge is 0.190 e. The lowest BCUT2D eigenvalue weighted by atomic mass is 10.1. The van der Waals surface area contributed by atoms with Gasteiger partial charge in [-0.1, -0.05) is 12.1 Å². The van der Waals surface area contributed by atoms with Crippen molar-refractivity contribution < 1.29 is 9.47 Å². The number of unbranched alkanes of at least 4 members (excludes halogenated alkanes) is 1. The standard InChI is InChI=1S/C20H32N4O2.HI/c1-21-20(22-8-2-3-10-24-11-14-25-15-12-24)23-9-6-17-4-5-19-18(16-17)7-13-26-19;/h4-5,16H,2-3,6-15H2,1H3,(H2,21,22,23);1H. The Morgan fingerprint density at radius 2 is 1.93 bits per heavy atom. The monoisotopic (exact) mass is 488 g/mol. The predicted octanol–water partition coefficient (Wildman–Crippen LogP) is 2.06. The molecule has 7 heteroatoms. The first kappa shape index (κ1) is 22.2. The lowest BCUT2D eigenvalue weighted by Gasteiger charge is -2.26. The number of ether oxygens (including phenoxy) is 2. The first-order valence-electron chi connectivity index (χ1n) is 9.84. The Labute approximate surface area is 180 Å². The number of benzene rings is 1. The van der Waals surface area contributed by atoms with Gasteiger partial charge in [-0.15, -0.1) is 24.0 Å². The summed E-state index contributed by atoms with van der Waals surface area (Å²) < 4.78 is 10.9. The van der Waals surface area contributed by atoms with Gasteiger partial charge in [0.25, 0.3) is 0 Å². The summed E-state index contributed by atoms with van der Waals surface area (Å²) in [7, 11) is 1.83. The van der Waals surface area contributed by atoms with Gasteiger partial charge < -0.3 is 20.1 Å². The molecule has 2 aliphatic rings. The van der Waals surface area contributed by atoms with Gasteiger partial charge in [-0.3, -0.25) is 9.89 Å². The Bertz CT molecular complexity index is 591. The number of hydrogen-bond donors (Lipinski definition) is 2. The zero-order chi connectivity index (χ0) is 18.0. The fourth-order valence-corrected chi connectivity index (χ4v) is 3.43. The zero-order valence-corrected chi connectivity index (χ0v) is 18.7. The molecule has 1 saturated heterocycles. The highest BCUT2D eigenvalue weighted by atomic mass is 127.